The summed E-state index contributed by atoms with van der Waals surface area (Å²) in [6.45, 7) is 3.77. The van der Waals surface area contributed by atoms with Crippen LogP contribution in [0.25, 0.3) is 0 Å². The van der Waals surface area contributed by atoms with Gasteiger partial charge < -0.3 is 14.3 Å². The monoisotopic (exact) mass is 445 g/mol. The van der Waals surface area contributed by atoms with Crippen LogP contribution in [0.1, 0.15) is 0 Å². The Morgan fingerprint density at radius 2 is 1.64 bits per heavy atom. The normalized spacial score (nSPS) is 9.27. The minimum Gasteiger partial charge on any atom is -0.333 e. The molecule has 0 saturated heterocycles. The second-order valence-electron chi connectivity index (χ2n) is 1.44. The van der Waals surface area contributed by atoms with Crippen molar-refractivity contribution in [2.75, 3.05) is 20.1 Å². The summed E-state index contributed by atoms with van der Waals surface area (Å²) in [5, 5.41) is 0. The molecule has 4 nitrogen and oxygen atoms in total. The van der Waals surface area contributed by atoms with Crippen LogP contribution in [0.3, 0.4) is 0 Å². The van der Waals surface area contributed by atoms with E-state index in [0.717, 1.165) is 0 Å². The predicted octanol–water partition coefficient (Wildman–Crippen LogP) is 0.840. The van der Waals surface area contributed by atoms with E-state index in [2.05, 4.69) is 4.52 Å². The Hall–Kier alpha value is 2.49. The van der Waals surface area contributed by atoms with E-state index < -0.39 is 16.8 Å². The molecule has 0 aliphatic carbocycles. The molecule has 0 amide bonds. The molecule has 11 heavy (non-hydrogen) atoms. The third-order valence-corrected chi connectivity index (χ3v) is 1.44. The second kappa shape index (κ2) is 12.5. The average molecular weight is 445 g/mol. The van der Waals surface area contributed by atoms with Gasteiger partial charge in [-0.3, -0.25) is 4.52 Å². The van der Waals surface area contributed by atoms with Gasteiger partial charge in [-0.2, -0.15) is 0 Å². The molecule has 0 unspecified atom stereocenters. The van der Waals surface area contributed by atoms with Gasteiger partial charge in [0, 0.05) is 61.9 Å². The summed E-state index contributed by atoms with van der Waals surface area (Å²) in [5.41, 5.74) is 0. The van der Waals surface area contributed by atoms with Crippen molar-refractivity contribution < 1.29 is 72.6 Å². The van der Waals surface area contributed by atoms with Gasteiger partial charge in [0.05, 0.1) is 0 Å². The fourth-order valence-corrected chi connectivity index (χ4v) is 0.670. The van der Waals surface area contributed by atoms with E-state index in [9.17, 15) is 0 Å². The Bertz CT molecular complexity index is 68.4. The maximum Gasteiger partial charge on any atom is 0.329 e. The van der Waals surface area contributed by atoms with E-state index in [1.807, 2.05) is 13.3 Å². The zero-order valence-corrected chi connectivity index (χ0v) is 13.9. The van der Waals surface area contributed by atoms with Gasteiger partial charge in [0.25, 0.3) is 0 Å². The topological polar surface area (TPSA) is 58.9 Å². The van der Waals surface area contributed by atoms with E-state index in [1.54, 1.807) is 0 Å². The summed E-state index contributed by atoms with van der Waals surface area (Å²) in [5.74, 6) is 0. The summed E-state index contributed by atoms with van der Waals surface area (Å²) in [7, 11) is -2.71. The summed E-state index contributed by atoms with van der Waals surface area (Å²) >= 11 is 0. The molecule has 0 aromatic carbocycles. The third kappa shape index (κ3) is 19.1. The van der Waals surface area contributed by atoms with Crippen LogP contribution in [0.15, 0.2) is 0 Å². The molecule has 8 heteroatoms. The van der Waals surface area contributed by atoms with Crippen LogP contribution < -0.4 is 0 Å². The molecule has 65 valence electrons. The average Bonchev–Trinajstić information content (AvgIpc) is 1.63. The van der Waals surface area contributed by atoms with Crippen LogP contribution >= 0.6 is 16.8 Å². The first-order valence-corrected chi connectivity index (χ1v) is 5.56. The van der Waals surface area contributed by atoms with Gasteiger partial charge in [-0.1, -0.05) is 0 Å². The van der Waals surface area contributed by atoms with Crippen molar-refractivity contribution in [3.63, 3.8) is 0 Å². The third-order valence-electron chi connectivity index (χ3n) is 0.479. The Morgan fingerprint density at radius 3 is 1.91 bits per heavy atom. The number of rotatable bonds is 4. The zero-order valence-electron chi connectivity index (χ0n) is 6.30. The van der Waals surface area contributed by atoms with Gasteiger partial charge in [-0.15, -0.1) is 0 Å². The van der Waals surface area contributed by atoms with E-state index in [1.165, 1.54) is 0 Å². The summed E-state index contributed by atoms with van der Waals surface area (Å²) in [6, 6.07) is 0. The molecule has 0 aliphatic rings. The van der Waals surface area contributed by atoms with Gasteiger partial charge in [0.2, 0.25) is 0 Å². The first kappa shape index (κ1) is 19.1. The van der Waals surface area contributed by atoms with Gasteiger partial charge in [-0.25, -0.2) is 0 Å². The quantitative estimate of drug-likeness (QED) is 0.498. The fraction of sp³-hybridized carbons (Fsp3) is 1.00. The van der Waals surface area contributed by atoms with Crippen molar-refractivity contribution >= 4 is 16.8 Å². The molecule has 0 rings (SSSR count). The smallest absolute Gasteiger partial charge is 0.329 e. The molecule has 2 N–H and O–H groups in total. The summed E-state index contributed by atoms with van der Waals surface area (Å²) in [6.07, 6.45) is 0. The Morgan fingerprint density at radius 1 is 1.18 bits per heavy atom. The Kier molecular flexibility index (Phi) is 21.7. The van der Waals surface area contributed by atoms with E-state index in [0.29, 0.717) is 0 Å². The van der Waals surface area contributed by atoms with Crippen molar-refractivity contribution in [2.45, 2.75) is 0 Å². The van der Waals surface area contributed by atoms with Crippen molar-refractivity contribution in [3.05, 3.63) is 0 Å². The standard InChI is InChI=1S/C3H10O4P2.W.Y/c1-8(2)6-3-7-9(4)5;;/h4-5H,3H2,1-2H3;;. The molecule has 0 aromatic rings. The van der Waals surface area contributed by atoms with Crippen LogP contribution in [-0.2, 0) is 62.8 Å². The Balaban J connectivity index is -0.000000320. The molecule has 0 aromatic heterocycles. The molecular formula is C3H10O4P2WY. The Labute approximate surface area is 108 Å². The maximum atomic E-state index is 8.19. The minimum atomic E-state index is -2.25. The van der Waals surface area contributed by atoms with E-state index in [-0.39, 0.29) is 60.6 Å². The molecule has 0 bridgehead atoms. The van der Waals surface area contributed by atoms with Gasteiger partial charge in [-0.05, 0) is 13.3 Å². The fourth-order valence-electron chi connectivity index (χ4n) is 0.176. The molecule has 0 fully saturated rings. The van der Waals surface area contributed by atoms with Crippen LogP contribution in [-0.4, -0.2) is 29.9 Å². The van der Waals surface area contributed by atoms with Crippen LogP contribution in [0.4, 0.5) is 0 Å². The molecule has 0 saturated carbocycles. The van der Waals surface area contributed by atoms with Crippen molar-refractivity contribution in [1.82, 2.24) is 0 Å². The predicted molar refractivity (Wildman–Crippen MR) is 37.2 cm³/mol. The molecule has 0 spiro atoms. The van der Waals surface area contributed by atoms with Crippen LogP contribution in [0, 0.1) is 0 Å². The van der Waals surface area contributed by atoms with Gasteiger partial charge >= 0.3 is 8.60 Å². The molecule has 1 radical (unpaired) electrons. The minimum absolute atomic E-state index is 0. The SMILES string of the molecule is CP(C)OCOP(O)O.[W].[Y]. The second-order valence-corrected chi connectivity index (χ2v) is 4.09. The van der Waals surface area contributed by atoms with Crippen molar-refractivity contribution in [1.29, 1.82) is 0 Å². The largest absolute Gasteiger partial charge is 0.333 e. The van der Waals surface area contributed by atoms with E-state index >= 15 is 0 Å². The molecule has 0 aliphatic heterocycles. The zero-order chi connectivity index (χ0) is 7.28. The number of hydrogen-bond donors (Lipinski definition) is 2. The van der Waals surface area contributed by atoms with Gasteiger partial charge in [0.1, 0.15) is 0 Å². The summed E-state index contributed by atoms with van der Waals surface area (Å²) < 4.78 is 9.21. The maximum absolute atomic E-state index is 8.19. The summed E-state index contributed by atoms with van der Waals surface area (Å²) in [4.78, 5) is 16.4. The first-order chi connectivity index (χ1) is 4.13. The van der Waals surface area contributed by atoms with Gasteiger partial charge in [0.15, 0.2) is 6.79 Å². The first-order valence-electron chi connectivity index (χ1n) is 2.24. The van der Waals surface area contributed by atoms with Crippen molar-refractivity contribution in [3.8, 4) is 0 Å². The van der Waals surface area contributed by atoms with Crippen LogP contribution in [0.2, 0.25) is 0 Å². The van der Waals surface area contributed by atoms with E-state index in [4.69, 9.17) is 14.3 Å². The molecular weight excluding hydrogens is 435 g/mol. The molecule has 0 heterocycles. The van der Waals surface area contributed by atoms with Crippen LogP contribution in [0.5, 0.6) is 0 Å². The number of hydrogen-bond acceptors (Lipinski definition) is 4. The molecule has 0 atom stereocenters. The van der Waals surface area contributed by atoms with Crippen molar-refractivity contribution in [2.24, 2.45) is 0 Å².